The van der Waals surface area contributed by atoms with Gasteiger partial charge in [0, 0.05) is 13.8 Å². The van der Waals surface area contributed by atoms with Crippen molar-refractivity contribution >= 4 is 23.8 Å². The summed E-state index contributed by atoms with van der Waals surface area (Å²) in [6.45, 7) is 3.20. The van der Waals surface area contributed by atoms with E-state index in [1.54, 1.807) is 0 Å². The molecule has 0 aromatic rings. The highest BCUT2D eigenvalue weighted by Crippen LogP contribution is 2.01. The summed E-state index contributed by atoms with van der Waals surface area (Å²) in [6, 6.07) is -2.67. The van der Waals surface area contributed by atoms with Gasteiger partial charge in [-0.05, 0) is 6.92 Å². The van der Waals surface area contributed by atoms with Crippen LogP contribution in [0.5, 0.6) is 0 Å². The second-order valence-electron chi connectivity index (χ2n) is 4.05. The number of carbonyl (C=O) groups is 4. The molecule has 9 nitrogen and oxygen atoms in total. The first kappa shape index (κ1) is 17.8. The lowest BCUT2D eigenvalue weighted by molar-refractivity contribution is -0.155. The first-order valence-corrected chi connectivity index (χ1v) is 5.74. The molecular formula is C11H18N2O7. The van der Waals surface area contributed by atoms with E-state index in [2.05, 4.69) is 10.1 Å². The Bertz CT molecular complexity index is 396. The molecule has 4 N–H and O–H groups in total. The quantitative estimate of drug-likeness (QED) is 0.475. The van der Waals surface area contributed by atoms with Crippen LogP contribution >= 0.6 is 0 Å². The average Bonchev–Trinajstić information content (AvgIpc) is 2.30. The maximum absolute atomic E-state index is 11.6. The highest BCUT2D eigenvalue weighted by atomic mass is 16.5. The second kappa shape index (κ2) is 8.10. The third kappa shape index (κ3) is 6.69. The highest BCUT2D eigenvalue weighted by Gasteiger charge is 2.30. The van der Waals surface area contributed by atoms with Gasteiger partial charge in [0.2, 0.25) is 5.91 Å². The lowest BCUT2D eigenvalue weighted by Gasteiger charge is -2.22. The number of carboxylic acids is 1. The number of hydrogen-bond acceptors (Lipinski definition) is 7. The topological polar surface area (TPSA) is 145 Å². The molecule has 0 spiro atoms. The van der Waals surface area contributed by atoms with E-state index in [9.17, 15) is 19.2 Å². The van der Waals surface area contributed by atoms with Gasteiger partial charge in [-0.1, -0.05) is 0 Å². The van der Waals surface area contributed by atoms with Gasteiger partial charge in [0.25, 0.3) is 0 Å². The zero-order valence-corrected chi connectivity index (χ0v) is 11.4. The van der Waals surface area contributed by atoms with Crippen LogP contribution in [0.3, 0.4) is 0 Å². The molecule has 0 aliphatic rings. The molecule has 20 heavy (non-hydrogen) atoms. The van der Waals surface area contributed by atoms with Crippen molar-refractivity contribution in [2.24, 2.45) is 5.73 Å². The lowest BCUT2D eigenvalue weighted by atomic mass is 10.1. The second-order valence-corrected chi connectivity index (χ2v) is 4.05. The van der Waals surface area contributed by atoms with E-state index in [0.717, 1.165) is 13.8 Å². The highest BCUT2D eigenvalue weighted by molar-refractivity contribution is 5.87. The summed E-state index contributed by atoms with van der Waals surface area (Å²) in [4.78, 5) is 44.0. The van der Waals surface area contributed by atoms with Crippen LogP contribution in [0, 0.1) is 0 Å². The Morgan fingerprint density at radius 2 is 1.75 bits per heavy atom. The van der Waals surface area contributed by atoms with Gasteiger partial charge >= 0.3 is 17.9 Å². The predicted octanol–water partition coefficient (Wildman–Crippen LogP) is -1.60. The maximum Gasteiger partial charge on any atom is 0.330 e. The summed E-state index contributed by atoms with van der Waals surface area (Å²) >= 11 is 0. The van der Waals surface area contributed by atoms with Gasteiger partial charge in [-0.3, -0.25) is 14.4 Å². The van der Waals surface area contributed by atoms with Gasteiger partial charge in [0.1, 0.15) is 18.8 Å². The molecule has 0 saturated heterocycles. The first-order chi connectivity index (χ1) is 9.15. The molecule has 0 aromatic carbocycles. The first-order valence-electron chi connectivity index (χ1n) is 5.74. The number of esters is 2. The van der Waals surface area contributed by atoms with Crippen LogP contribution in [0.25, 0.3) is 0 Å². The third-order valence-corrected chi connectivity index (χ3v) is 2.19. The van der Waals surface area contributed by atoms with Crippen molar-refractivity contribution in [3.8, 4) is 0 Å². The largest absolute Gasteiger partial charge is 0.480 e. The van der Waals surface area contributed by atoms with E-state index in [-0.39, 0.29) is 6.61 Å². The normalized spacial score (nSPS) is 14.6. The number of ether oxygens (including phenoxy) is 2. The summed E-state index contributed by atoms with van der Waals surface area (Å²) in [5.74, 6) is -3.51. The zero-order chi connectivity index (χ0) is 15.9. The molecule has 0 heterocycles. The van der Waals surface area contributed by atoms with Crippen molar-refractivity contribution in [1.82, 2.24) is 5.32 Å². The van der Waals surface area contributed by atoms with Crippen LogP contribution in [0.2, 0.25) is 0 Å². The molecule has 0 radical (unpaired) electrons. The predicted molar refractivity (Wildman–Crippen MR) is 65.4 cm³/mol. The Labute approximate surface area is 115 Å². The summed E-state index contributed by atoms with van der Waals surface area (Å²) < 4.78 is 9.23. The monoisotopic (exact) mass is 290 g/mol. The Morgan fingerprint density at radius 1 is 1.20 bits per heavy atom. The molecule has 0 unspecified atom stereocenters. The number of carboxylic acid groups (broad SMARTS) is 1. The molecule has 0 bridgehead atoms. The van der Waals surface area contributed by atoms with Crippen LogP contribution in [0.15, 0.2) is 0 Å². The van der Waals surface area contributed by atoms with E-state index in [4.69, 9.17) is 15.6 Å². The lowest BCUT2D eigenvalue weighted by Crippen LogP contribution is -2.54. The molecule has 3 atom stereocenters. The molecule has 114 valence electrons. The van der Waals surface area contributed by atoms with Crippen molar-refractivity contribution in [3.63, 3.8) is 0 Å². The van der Waals surface area contributed by atoms with Crippen molar-refractivity contribution in [3.05, 3.63) is 0 Å². The van der Waals surface area contributed by atoms with Crippen molar-refractivity contribution in [2.45, 2.75) is 39.0 Å². The molecule has 9 heteroatoms. The number of amides is 1. The zero-order valence-electron chi connectivity index (χ0n) is 11.4. The third-order valence-electron chi connectivity index (χ3n) is 2.19. The summed E-state index contributed by atoms with van der Waals surface area (Å²) in [5.41, 5.74) is 5.43. The van der Waals surface area contributed by atoms with Crippen molar-refractivity contribution in [1.29, 1.82) is 0 Å². The minimum atomic E-state index is -1.45. The van der Waals surface area contributed by atoms with E-state index in [0.29, 0.717) is 0 Å². The molecule has 0 aromatic heterocycles. The van der Waals surface area contributed by atoms with Crippen molar-refractivity contribution < 1.29 is 33.8 Å². The Balaban J connectivity index is 4.58. The van der Waals surface area contributed by atoms with E-state index in [1.807, 2.05) is 0 Å². The summed E-state index contributed by atoms with van der Waals surface area (Å²) in [7, 11) is 0. The molecule has 0 saturated carbocycles. The van der Waals surface area contributed by atoms with Gasteiger partial charge in [0.15, 0.2) is 6.04 Å². The molecule has 0 fully saturated rings. The van der Waals surface area contributed by atoms with Crippen molar-refractivity contribution in [2.75, 3.05) is 6.61 Å². The smallest absolute Gasteiger partial charge is 0.330 e. The number of hydrogen-bond donors (Lipinski definition) is 3. The van der Waals surface area contributed by atoms with Crippen LogP contribution in [-0.4, -0.2) is 53.7 Å². The average molecular weight is 290 g/mol. The van der Waals surface area contributed by atoms with Crippen LogP contribution in [0.1, 0.15) is 20.8 Å². The van der Waals surface area contributed by atoms with E-state index in [1.165, 1.54) is 6.92 Å². The van der Waals surface area contributed by atoms with Gasteiger partial charge in [-0.25, -0.2) is 4.79 Å². The fourth-order valence-corrected chi connectivity index (χ4v) is 1.25. The SMILES string of the molecule is CC(=O)OC[C@H](N)C(=O)N[C@H](C(=O)O)[C@@H](C)OC(C)=O. The van der Waals surface area contributed by atoms with Gasteiger partial charge in [0.05, 0.1) is 0 Å². The standard InChI is InChI=1S/C11H18N2O7/c1-5(20-7(3)15)9(11(17)18)13-10(16)8(12)4-19-6(2)14/h5,8-9H,4,12H2,1-3H3,(H,13,16)(H,17,18)/t5-,8+,9+/m1/s1. The van der Waals surface area contributed by atoms with Gasteiger partial charge in [-0.15, -0.1) is 0 Å². The number of aliphatic carboxylic acids is 1. The molecule has 0 aliphatic heterocycles. The minimum absolute atomic E-state index is 0.380. The number of carbonyl (C=O) groups excluding carboxylic acids is 3. The molecule has 1 amide bonds. The maximum atomic E-state index is 11.6. The molecule has 0 aliphatic carbocycles. The van der Waals surface area contributed by atoms with Crippen LogP contribution in [-0.2, 0) is 28.7 Å². The van der Waals surface area contributed by atoms with Gasteiger partial charge in [-0.2, -0.15) is 0 Å². The van der Waals surface area contributed by atoms with Gasteiger partial charge < -0.3 is 25.6 Å². The fraction of sp³-hybridized carbons (Fsp3) is 0.636. The minimum Gasteiger partial charge on any atom is -0.480 e. The summed E-state index contributed by atoms with van der Waals surface area (Å²) in [6.07, 6.45) is -1.07. The summed E-state index contributed by atoms with van der Waals surface area (Å²) in [5, 5.41) is 11.1. The Morgan fingerprint density at radius 3 is 2.15 bits per heavy atom. The fourth-order valence-electron chi connectivity index (χ4n) is 1.25. The Hall–Kier alpha value is -2.16. The van der Waals surface area contributed by atoms with Crippen LogP contribution < -0.4 is 11.1 Å². The number of nitrogens with two attached hydrogens (primary N) is 1. The Kier molecular flexibility index (Phi) is 7.22. The van der Waals surface area contributed by atoms with E-state index < -0.39 is 42.0 Å². The number of nitrogens with one attached hydrogen (secondary N) is 1. The van der Waals surface area contributed by atoms with Crippen LogP contribution in [0.4, 0.5) is 0 Å². The van der Waals surface area contributed by atoms with E-state index >= 15 is 0 Å². The molecular weight excluding hydrogens is 272 g/mol. The number of rotatable bonds is 7. The molecule has 0 rings (SSSR count).